The maximum Gasteiger partial charge on any atom is 0.494 e. The van der Waals surface area contributed by atoms with Crippen LogP contribution in [-0.2, 0) is 9.31 Å². The summed E-state index contributed by atoms with van der Waals surface area (Å²) >= 11 is 0. The van der Waals surface area contributed by atoms with Crippen molar-refractivity contribution in [1.29, 1.82) is 0 Å². The summed E-state index contributed by atoms with van der Waals surface area (Å²) in [5.41, 5.74) is 0.360. The van der Waals surface area contributed by atoms with E-state index < -0.39 is 0 Å². The number of hydrogen-bond acceptors (Lipinski definition) is 2. The van der Waals surface area contributed by atoms with Crippen molar-refractivity contribution in [2.24, 2.45) is 0 Å². The zero-order chi connectivity index (χ0) is 21.4. The summed E-state index contributed by atoms with van der Waals surface area (Å²) < 4.78 is 12.7. The van der Waals surface area contributed by atoms with Crippen LogP contribution >= 0.6 is 0 Å². The third-order valence-electron chi connectivity index (χ3n) is 7.27. The minimum atomic E-state index is -0.364. The van der Waals surface area contributed by atoms with Crippen LogP contribution in [-0.4, -0.2) is 18.3 Å². The number of fused-ring (bicyclic) bond motifs is 8. The summed E-state index contributed by atoms with van der Waals surface area (Å²) in [7, 11) is -0.364. The average molecular weight is 404 g/mol. The highest BCUT2D eigenvalue weighted by molar-refractivity contribution is 6.62. The Bertz CT molecular complexity index is 1480. The Morgan fingerprint density at radius 3 is 1.81 bits per heavy atom. The molecule has 0 unspecified atom stereocenters. The van der Waals surface area contributed by atoms with Crippen molar-refractivity contribution in [2.75, 3.05) is 0 Å². The molecule has 0 spiro atoms. The van der Waals surface area contributed by atoms with Gasteiger partial charge < -0.3 is 9.31 Å². The van der Waals surface area contributed by atoms with Gasteiger partial charge in [-0.3, -0.25) is 0 Å². The van der Waals surface area contributed by atoms with Crippen molar-refractivity contribution in [1.82, 2.24) is 0 Å². The first-order valence-electron chi connectivity index (χ1n) is 11.0. The monoisotopic (exact) mass is 404 g/mol. The van der Waals surface area contributed by atoms with Crippen molar-refractivity contribution >= 4 is 55.7 Å². The van der Waals surface area contributed by atoms with E-state index in [1.54, 1.807) is 0 Å². The maximum absolute atomic E-state index is 6.35. The van der Waals surface area contributed by atoms with Gasteiger partial charge in [-0.25, -0.2) is 0 Å². The fourth-order valence-electron chi connectivity index (χ4n) is 4.87. The first kappa shape index (κ1) is 18.9. The fourth-order valence-corrected chi connectivity index (χ4v) is 4.87. The van der Waals surface area contributed by atoms with E-state index in [-0.39, 0.29) is 18.3 Å². The summed E-state index contributed by atoms with van der Waals surface area (Å²) in [4.78, 5) is 0. The normalized spacial score (nSPS) is 17.9. The molecule has 0 atom stereocenters. The first-order valence-corrected chi connectivity index (χ1v) is 11.0. The predicted molar refractivity (Wildman–Crippen MR) is 132 cm³/mol. The Balaban J connectivity index is 1.69. The average Bonchev–Trinajstić information content (AvgIpc) is 3.00. The van der Waals surface area contributed by atoms with Crippen molar-refractivity contribution in [3.63, 3.8) is 0 Å². The molecular formula is C28H25BO2. The van der Waals surface area contributed by atoms with E-state index in [9.17, 15) is 0 Å². The molecule has 0 bridgehead atoms. The zero-order valence-corrected chi connectivity index (χ0v) is 18.4. The SMILES string of the molecule is CC1(C)OB(c2ccc3c(c2)c2ccccc2c2ccc4ccccc4c23)OC1(C)C. The van der Waals surface area contributed by atoms with Gasteiger partial charge in [0.05, 0.1) is 11.2 Å². The van der Waals surface area contributed by atoms with Gasteiger partial charge in [-0.1, -0.05) is 78.9 Å². The minimum Gasteiger partial charge on any atom is -0.399 e. The Kier molecular flexibility index (Phi) is 3.84. The van der Waals surface area contributed by atoms with E-state index in [1.165, 1.54) is 43.1 Å². The third-order valence-corrected chi connectivity index (χ3v) is 7.27. The van der Waals surface area contributed by atoms with Crippen LogP contribution in [0.25, 0.3) is 43.1 Å². The molecule has 0 aromatic heterocycles. The molecule has 0 aliphatic carbocycles. The molecule has 3 heteroatoms. The van der Waals surface area contributed by atoms with Gasteiger partial charge in [0.25, 0.3) is 0 Å². The molecule has 6 rings (SSSR count). The molecule has 0 N–H and O–H groups in total. The summed E-state index contributed by atoms with van der Waals surface area (Å²) in [6, 6.07) is 28.5. The topological polar surface area (TPSA) is 18.5 Å². The van der Waals surface area contributed by atoms with E-state index in [1.807, 2.05) is 0 Å². The van der Waals surface area contributed by atoms with E-state index in [2.05, 4.69) is 107 Å². The summed E-state index contributed by atoms with van der Waals surface area (Å²) in [6.45, 7) is 8.40. The Morgan fingerprint density at radius 1 is 0.548 bits per heavy atom. The fraction of sp³-hybridized carbons (Fsp3) is 0.214. The molecule has 5 aromatic rings. The lowest BCUT2D eigenvalue weighted by atomic mass is 9.77. The highest BCUT2D eigenvalue weighted by Gasteiger charge is 2.51. The van der Waals surface area contributed by atoms with Gasteiger partial charge >= 0.3 is 7.12 Å². The van der Waals surface area contributed by atoms with Crippen molar-refractivity contribution in [3.05, 3.63) is 78.9 Å². The second kappa shape index (κ2) is 6.32. The van der Waals surface area contributed by atoms with E-state index in [0.717, 1.165) is 5.46 Å². The summed E-state index contributed by atoms with van der Waals surface area (Å²) in [6.07, 6.45) is 0. The lowest BCUT2D eigenvalue weighted by Gasteiger charge is -2.32. The second-order valence-electron chi connectivity index (χ2n) is 9.65. The quantitative estimate of drug-likeness (QED) is 0.232. The van der Waals surface area contributed by atoms with Gasteiger partial charge in [0, 0.05) is 0 Å². The van der Waals surface area contributed by atoms with Gasteiger partial charge in [0.1, 0.15) is 0 Å². The number of benzene rings is 5. The molecule has 0 radical (unpaired) electrons. The van der Waals surface area contributed by atoms with Crippen LogP contribution in [0.4, 0.5) is 0 Å². The lowest BCUT2D eigenvalue weighted by molar-refractivity contribution is 0.00578. The van der Waals surface area contributed by atoms with Crippen LogP contribution < -0.4 is 5.46 Å². The van der Waals surface area contributed by atoms with Gasteiger partial charge in [-0.15, -0.1) is 0 Å². The van der Waals surface area contributed by atoms with Crippen LogP contribution in [0.5, 0.6) is 0 Å². The number of hydrogen-bond donors (Lipinski definition) is 0. The van der Waals surface area contributed by atoms with Crippen molar-refractivity contribution in [3.8, 4) is 0 Å². The molecule has 1 fully saturated rings. The van der Waals surface area contributed by atoms with Gasteiger partial charge in [-0.05, 0) is 76.2 Å². The van der Waals surface area contributed by atoms with Gasteiger partial charge in [-0.2, -0.15) is 0 Å². The smallest absolute Gasteiger partial charge is 0.399 e. The first-order chi connectivity index (χ1) is 14.9. The Hall–Kier alpha value is -2.88. The van der Waals surface area contributed by atoms with Crippen LogP contribution in [0, 0.1) is 0 Å². The molecule has 0 saturated carbocycles. The molecule has 152 valence electrons. The van der Waals surface area contributed by atoms with Crippen LogP contribution in [0.1, 0.15) is 27.7 Å². The van der Waals surface area contributed by atoms with Gasteiger partial charge in [0.15, 0.2) is 0 Å². The molecule has 1 saturated heterocycles. The highest BCUT2D eigenvalue weighted by atomic mass is 16.7. The molecular weight excluding hydrogens is 379 g/mol. The standard InChI is InChI=1S/C28H25BO2/c1-27(2)28(3,4)31-29(30-27)19-14-16-24-25(17-19)22-12-8-7-11-21(22)23-15-13-18-9-5-6-10-20(18)26(23)24/h5-17H,1-4H3. The molecule has 0 amide bonds. The van der Waals surface area contributed by atoms with E-state index >= 15 is 0 Å². The van der Waals surface area contributed by atoms with Crippen LogP contribution in [0.2, 0.25) is 0 Å². The van der Waals surface area contributed by atoms with Crippen molar-refractivity contribution in [2.45, 2.75) is 38.9 Å². The number of rotatable bonds is 1. The maximum atomic E-state index is 6.35. The summed E-state index contributed by atoms with van der Waals surface area (Å²) in [5, 5.41) is 10.2. The molecule has 5 aromatic carbocycles. The largest absolute Gasteiger partial charge is 0.494 e. The molecule has 1 aliphatic heterocycles. The molecule has 1 aliphatic rings. The predicted octanol–water partition coefficient (Wildman–Crippen LogP) is 6.60. The summed E-state index contributed by atoms with van der Waals surface area (Å²) in [5.74, 6) is 0. The van der Waals surface area contributed by atoms with Crippen LogP contribution in [0.15, 0.2) is 78.9 Å². The Labute approximate surface area is 182 Å². The molecule has 2 nitrogen and oxygen atoms in total. The molecule has 31 heavy (non-hydrogen) atoms. The minimum absolute atomic E-state index is 0.353. The highest BCUT2D eigenvalue weighted by Crippen LogP contribution is 2.40. The lowest BCUT2D eigenvalue weighted by Crippen LogP contribution is -2.41. The Morgan fingerprint density at radius 2 is 1.10 bits per heavy atom. The van der Waals surface area contributed by atoms with E-state index in [0.29, 0.717) is 0 Å². The van der Waals surface area contributed by atoms with Gasteiger partial charge in [0.2, 0.25) is 0 Å². The zero-order valence-electron chi connectivity index (χ0n) is 18.4. The van der Waals surface area contributed by atoms with Crippen LogP contribution in [0.3, 0.4) is 0 Å². The third kappa shape index (κ3) is 2.67. The molecule has 1 heterocycles. The van der Waals surface area contributed by atoms with Crippen molar-refractivity contribution < 1.29 is 9.31 Å². The second-order valence-corrected chi connectivity index (χ2v) is 9.65. The van der Waals surface area contributed by atoms with E-state index in [4.69, 9.17) is 9.31 Å².